The van der Waals surface area contributed by atoms with Gasteiger partial charge in [-0.3, -0.25) is 14.4 Å². The van der Waals surface area contributed by atoms with Gasteiger partial charge >= 0.3 is 0 Å². The highest BCUT2D eigenvalue weighted by Crippen LogP contribution is 2.47. The summed E-state index contributed by atoms with van der Waals surface area (Å²) in [6.07, 6.45) is 6.83. The Labute approximate surface area is 177 Å². The Morgan fingerprint density at radius 2 is 1.83 bits per heavy atom. The largest absolute Gasteiger partial charge is 0.311 e. The number of para-hydroxylation sites is 1. The molecular weight excluding hydrogens is 372 g/mol. The van der Waals surface area contributed by atoms with Gasteiger partial charge in [-0.1, -0.05) is 48.5 Å². The molecule has 0 N–H and O–H groups in total. The molecule has 1 atom stereocenters. The summed E-state index contributed by atoms with van der Waals surface area (Å²) in [5.41, 5.74) is 4.46. The van der Waals surface area contributed by atoms with Crippen molar-refractivity contribution in [3.05, 3.63) is 83.7 Å². The monoisotopic (exact) mass is 400 g/mol. The first-order valence-electron chi connectivity index (χ1n) is 10.8. The number of carbonyl (C=O) groups is 1. The number of amides is 1. The Balaban J connectivity index is 1.33. The minimum atomic E-state index is -0.397. The summed E-state index contributed by atoms with van der Waals surface area (Å²) in [6.45, 7) is 3.34. The number of nitrogens with zero attached hydrogens (tertiary/aromatic N) is 4. The molecule has 3 aromatic rings. The van der Waals surface area contributed by atoms with E-state index < -0.39 is 5.41 Å². The molecule has 1 amide bonds. The van der Waals surface area contributed by atoms with Gasteiger partial charge in [0.05, 0.1) is 11.6 Å². The first-order valence-corrected chi connectivity index (χ1v) is 10.8. The van der Waals surface area contributed by atoms with Crippen LogP contribution in [0.5, 0.6) is 0 Å². The second kappa shape index (κ2) is 7.73. The second-order valence-corrected chi connectivity index (χ2v) is 8.63. The Kier molecular flexibility index (Phi) is 4.91. The minimum Gasteiger partial charge on any atom is -0.311 e. The number of anilines is 1. The maximum Gasteiger partial charge on any atom is 0.239 e. The van der Waals surface area contributed by atoms with E-state index in [1.807, 2.05) is 28.9 Å². The first kappa shape index (κ1) is 19.1. The van der Waals surface area contributed by atoms with Crippen molar-refractivity contribution < 1.29 is 4.79 Å². The van der Waals surface area contributed by atoms with Crippen molar-refractivity contribution in [2.45, 2.75) is 31.2 Å². The average molecular weight is 401 g/mol. The Hall–Kier alpha value is -2.92. The van der Waals surface area contributed by atoms with Crippen LogP contribution < -0.4 is 4.90 Å². The molecule has 154 valence electrons. The third-order valence-corrected chi connectivity index (χ3v) is 6.57. The molecule has 0 radical (unpaired) electrons. The van der Waals surface area contributed by atoms with Gasteiger partial charge in [-0.15, -0.1) is 0 Å². The van der Waals surface area contributed by atoms with E-state index in [1.165, 1.54) is 16.7 Å². The van der Waals surface area contributed by atoms with Crippen LogP contribution in [0.3, 0.4) is 0 Å². The van der Waals surface area contributed by atoms with E-state index in [-0.39, 0.29) is 5.91 Å². The molecule has 0 bridgehead atoms. The number of fused-ring (bicyclic) bond motifs is 2. The smallest absolute Gasteiger partial charge is 0.239 e. The van der Waals surface area contributed by atoms with Gasteiger partial charge < -0.3 is 4.90 Å². The van der Waals surface area contributed by atoms with E-state index in [9.17, 15) is 4.79 Å². The molecule has 1 unspecified atom stereocenters. The molecule has 30 heavy (non-hydrogen) atoms. The number of likely N-dealkylation sites (tertiary alicyclic amines) is 1. The van der Waals surface area contributed by atoms with Crippen molar-refractivity contribution in [1.82, 2.24) is 14.7 Å². The number of carbonyl (C=O) groups excluding carboxylic acids is 1. The zero-order valence-corrected chi connectivity index (χ0v) is 17.5. The number of hydrogen-bond acceptors (Lipinski definition) is 3. The number of rotatable bonds is 6. The van der Waals surface area contributed by atoms with Crippen LogP contribution in [0.25, 0.3) is 0 Å². The zero-order valence-electron chi connectivity index (χ0n) is 17.5. The molecular formula is C25H28N4O. The molecule has 5 rings (SSSR count). The lowest BCUT2D eigenvalue weighted by molar-refractivity contribution is -0.122. The van der Waals surface area contributed by atoms with Crippen molar-refractivity contribution >= 4 is 11.6 Å². The topological polar surface area (TPSA) is 41.4 Å². The van der Waals surface area contributed by atoms with Gasteiger partial charge in [0, 0.05) is 44.1 Å². The van der Waals surface area contributed by atoms with Crippen LogP contribution in [0.2, 0.25) is 0 Å². The summed E-state index contributed by atoms with van der Waals surface area (Å²) in [5.74, 6) is 0.283. The van der Waals surface area contributed by atoms with E-state index in [0.29, 0.717) is 0 Å². The number of aryl methyl sites for hydroxylation is 2. The second-order valence-electron chi connectivity index (χ2n) is 8.63. The fraction of sp³-hybridized carbons (Fsp3) is 0.360. The van der Waals surface area contributed by atoms with Crippen molar-refractivity contribution in [2.24, 2.45) is 7.05 Å². The normalized spacial score (nSPS) is 21.0. The van der Waals surface area contributed by atoms with Crippen LogP contribution in [-0.2, 0) is 30.2 Å². The van der Waals surface area contributed by atoms with Gasteiger partial charge in [0.1, 0.15) is 0 Å². The Morgan fingerprint density at radius 3 is 2.63 bits per heavy atom. The molecule has 1 fully saturated rings. The third-order valence-electron chi connectivity index (χ3n) is 6.57. The highest BCUT2D eigenvalue weighted by atomic mass is 16.2. The van der Waals surface area contributed by atoms with Crippen molar-refractivity contribution in [3.63, 3.8) is 0 Å². The molecule has 0 saturated carbocycles. The average Bonchev–Trinajstić information content (AvgIpc) is 3.44. The summed E-state index contributed by atoms with van der Waals surface area (Å²) in [7, 11) is 1.94. The number of benzene rings is 2. The lowest BCUT2D eigenvalue weighted by atomic mass is 9.81. The SMILES string of the molecule is Cn1cc(CN2CCC3(C2)C(=O)N(CCCc2ccccc2)c2ccccc23)cn1. The Bertz CT molecular complexity index is 1040. The fourth-order valence-electron chi connectivity index (χ4n) is 5.13. The molecule has 1 aromatic heterocycles. The lowest BCUT2D eigenvalue weighted by Gasteiger charge is -2.24. The minimum absolute atomic E-state index is 0.283. The van der Waals surface area contributed by atoms with Crippen molar-refractivity contribution in [3.8, 4) is 0 Å². The highest BCUT2D eigenvalue weighted by Gasteiger charge is 2.53. The van der Waals surface area contributed by atoms with Crippen molar-refractivity contribution in [1.29, 1.82) is 0 Å². The third kappa shape index (κ3) is 3.33. The zero-order chi connectivity index (χ0) is 20.6. The summed E-state index contributed by atoms with van der Waals surface area (Å²) in [4.78, 5) is 18.2. The van der Waals surface area contributed by atoms with Gasteiger partial charge in [0.25, 0.3) is 0 Å². The first-order chi connectivity index (χ1) is 14.7. The van der Waals surface area contributed by atoms with Crippen molar-refractivity contribution in [2.75, 3.05) is 24.5 Å². The summed E-state index contributed by atoms with van der Waals surface area (Å²) in [6, 6.07) is 18.9. The summed E-state index contributed by atoms with van der Waals surface area (Å²) < 4.78 is 1.84. The molecule has 2 aromatic carbocycles. The fourth-order valence-corrected chi connectivity index (χ4v) is 5.13. The maximum absolute atomic E-state index is 13.7. The predicted octanol–water partition coefficient (Wildman–Crippen LogP) is 3.54. The molecule has 2 aliphatic heterocycles. The van der Waals surface area contributed by atoms with Crippen LogP contribution >= 0.6 is 0 Å². The van der Waals surface area contributed by atoms with Crippen LogP contribution in [0.1, 0.15) is 29.5 Å². The number of hydrogen-bond donors (Lipinski definition) is 0. The van der Waals surface area contributed by atoms with E-state index in [4.69, 9.17) is 0 Å². The van der Waals surface area contributed by atoms with E-state index in [0.717, 1.165) is 51.1 Å². The quantitative estimate of drug-likeness (QED) is 0.636. The summed E-state index contributed by atoms with van der Waals surface area (Å²) in [5, 5.41) is 4.28. The number of aromatic nitrogens is 2. The molecule has 5 nitrogen and oxygen atoms in total. The van der Waals surface area contributed by atoms with E-state index >= 15 is 0 Å². The standard InChI is InChI=1S/C25H28N4O/c1-27-17-21(16-26-27)18-28-15-13-25(19-28)22-11-5-6-12-23(22)29(24(25)30)14-7-10-20-8-3-2-4-9-20/h2-6,8-9,11-12,16-17H,7,10,13-15,18-19H2,1H3. The lowest BCUT2D eigenvalue weighted by Crippen LogP contribution is -2.42. The predicted molar refractivity (Wildman–Crippen MR) is 118 cm³/mol. The molecule has 5 heteroatoms. The van der Waals surface area contributed by atoms with E-state index in [2.05, 4.69) is 64.7 Å². The van der Waals surface area contributed by atoms with Gasteiger partial charge in [0.15, 0.2) is 0 Å². The molecule has 1 spiro atoms. The van der Waals surface area contributed by atoms with Crippen LogP contribution in [0, 0.1) is 0 Å². The molecule has 0 aliphatic carbocycles. The summed E-state index contributed by atoms with van der Waals surface area (Å²) >= 11 is 0. The van der Waals surface area contributed by atoms with Gasteiger partial charge in [0.2, 0.25) is 5.91 Å². The Morgan fingerprint density at radius 1 is 1.03 bits per heavy atom. The van der Waals surface area contributed by atoms with Crippen LogP contribution in [0.15, 0.2) is 67.0 Å². The maximum atomic E-state index is 13.7. The van der Waals surface area contributed by atoms with Gasteiger partial charge in [-0.2, -0.15) is 5.10 Å². The van der Waals surface area contributed by atoms with Gasteiger partial charge in [-0.05, 0) is 43.0 Å². The van der Waals surface area contributed by atoms with Crippen LogP contribution in [0.4, 0.5) is 5.69 Å². The molecule has 3 heterocycles. The van der Waals surface area contributed by atoms with Gasteiger partial charge in [-0.25, -0.2) is 0 Å². The molecule has 2 aliphatic rings. The van der Waals surface area contributed by atoms with E-state index in [1.54, 1.807) is 0 Å². The van der Waals surface area contributed by atoms with Crippen LogP contribution in [-0.4, -0.2) is 40.2 Å². The molecule has 1 saturated heterocycles. The highest BCUT2D eigenvalue weighted by molar-refractivity contribution is 6.08.